The molecule has 1 aromatic carbocycles. The van der Waals surface area contributed by atoms with Crippen molar-refractivity contribution in [2.24, 2.45) is 5.92 Å². The molecule has 4 heteroatoms. The Balaban J connectivity index is 0.000000207. The molecule has 1 atom stereocenters. The Morgan fingerprint density at radius 1 is 1.29 bits per heavy atom. The topological polar surface area (TPSA) is 44.4 Å². The number of carbonyl (C=O) groups is 1. The summed E-state index contributed by atoms with van der Waals surface area (Å²) in [4.78, 5) is 12.9. The molecule has 0 bridgehead atoms. The van der Waals surface area contributed by atoms with Gasteiger partial charge in [-0.2, -0.15) is 0 Å². The fourth-order valence-electron chi connectivity index (χ4n) is 3.99. The quantitative estimate of drug-likeness (QED) is 0.659. The van der Waals surface area contributed by atoms with Crippen LogP contribution in [0.15, 0.2) is 36.5 Å². The molecule has 0 radical (unpaired) electrons. The first kappa shape index (κ1) is 22.6. The summed E-state index contributed by atoms with van der Waals surface area (Å²) in [5.74, 6) is 1.54. The minimum absolute atomic E-state index is 0.491. The van der Waals surface area contributed by atoms with Crippen LogP contribution in [0.25, 0.3) is 0 Å². The lowest BCUT2D eigenvalue weighted by Gasteiger charge is -2.44. The number of benzene rings is 1. The summed E-state index contributed by atoms with van der Waals surface area (Å²) in [5, 5.41) is 5.99. The standard InChI is InChI=1S/C14H19NO.C10H20N2/c1-11-4-8-14(9-5-11)12(2)6-7-13(3)15-10-16;1-2-9-7-10(8-9)12-5-3-11-4-6-12/h4-5,8-10,12H,3,6-7H2,1-2H3,(H,15,16);9-11H,2-8H2,1H3. The molecule has 156 valence electrons. The Labute approximate surface area is 171 Å². The van der Waals surface area contributed by atoms with Crippen LogP contribution >= 0.6 is 0 Å². The van der Waals surface area contributed by atoms with E-state index in [0.717, 1.165) is 30.5 Å². The van der Waals surface area contributed by atoms with Crippen LogP contribution in [0.5, 0.6) is 0 Å². The van der Waals surface area contributed by atoms with Gasteiger partial charge in [0.25, 0.3) is 0 Å². The predicted molar refractivity (Wildman–Crippen MR) is 118 cm³/mol. The van der Waals surface area contributed by atoms with E-state index in [9.17, 15) is 4.79 Å². The van der Waals surface area contributed by atoms with Gasteiger partial charge in [-0.3, -0.25) is 9.69 Å². The van der Waals surface area contributed by atoms with Crippen LogP contribution in [0.2, 0.25) is 0 Å². The van der Waals surface area contributed by atoms with Gasteiger partial charge in [0.1, 0.15) is 0 Å². The lowest BCUT2D eigenvalue weighted by Crippen LogP contribution is -2.52. The van der Waals surface area contributed by atoms with E-state index in [2.05, 4.69) is 67.1 Å². The van der Waals surface area contributed by atoms with Gasteiger partial charge in [0.05, 0.1) is 0 Å². The molecule has 0 spiro atoms. The highest BCUT2D eigenvalue weighted by molar-refractivity contribution is 5.49. The summed E-state index contributed by atoms with van der Waals surface area (Å²) in [6.45, 7) is 15.3. The lowest BCUT2D eigenvalue weighted by molar-refractivity contribution is -0.109. The highest BCUT2D eigenvalue weighted by Crippen LogP contribution is 2.33. The number of hydrogen-bond donors (Lipinski definition) is 2. The summed E-state index contributed by atoms with van der Waals surface area (Å²) < 4.78 is 0. The van der Waals surface area contributed by atoms with Gasteiger partial charge >= 0.3 is 0 Å². The van der Waals surface area contributed by atoms with E-state index >= 15 is 0 Å². The third kappa shape index (κ3) is 7.40. The van der Waals surface area contributed by atoms with Gasteiger partial charge in [-0.25, -0.2) is 0 Å². The molecule has 2 N–H and O–H groups in total. The van der Waals surface area contributed by atoms with Crippen molar-refractivity contribution >= 4 is 6.41 Å². The Bertz CT molecular complexity index is 586. The van der Waals surface area contributed by atoms with Crippen molar-refractivity contribution in [3.63, 3.8) is 0 Å². The summed E-state index contributed by atoms with van der Waals surface area (Å²) >= 11 is 0. The van der Waals surface area contributed by atoms with E-state index < -0.39 is 0 Å². The second kappa shape index (κ2) is 12.0. The third-order valence-electron chi connectivity index (χ3n) is 6.24. The second-order valence-electron chi connectivity index (χ2n) is 8.40. The van der Waals surface area contributed by atoms with Crippen molar-refractivity contribution in [2.75, 3.05) is 26.2 Å². The zero-order valence-corrected chi connectivity index (χ0v) is 18.0. The number of piperazine rings is 1. The zero-order chi connectivity index (χ0) is 20.4. The lowest BCUT2D eigenvalue weighted by atomic mass is 9.77. The molecule has 1 aromatic rings. The smallest absolute Gasteiger partial charge is 0.211 e. The van der Waals surface area contributed by atoms with E-state index in [4.69, 9.17) is 0 Å². The van der Waals surface area contributed by atoms with E-state index in [0.29, 0.717) is 12.3 Å². The maximum Gasteiger partial charge on any atom is 0.211 e. The molecule has 1 saturated carbocycles. The Kier molecular flexibility index (Phi) is 9.72. The van der Waals surface area contributed by atoms with Gasteiger partial charge in [-0.1, -0.05) is 56.7 Å². The summed E-state index contributed by atoms with van der Waals surface area (Å²) in [7, 11) is 0. The average molecular weight is 386 g/mol. The molecule has 1 amide bonds. The molecule has 2 fully saturated rings. The van der Waals surface area contributed by atoms with Gasteiger partial charge in [-0.05, 0) is 50.0 Å². The summed E-state index contributed by atoms with van der Waals surface area (Å²) in [5.41, 5.74) is 3.40. The highest BCUT2D eigenvalue weighted by Gasteiger charge is 2.32. The highest BCUT2D eigenvalue weighted by atomic mass is 16.1. The fourth-order valence-corrected chi connectivity index (χ4v) is 3.99. The zero-order valence-electron chi connectivity index (χ0n) is 18.0. The first-order valence-corrected chi connectivity index (χ1v) is 10.9. The minimum atomic E-state index is 0.491. The van der Waals surface area contributed by atoms with Crippen molar-refractivity contribution in [3.8, 4) is 0 Å². The molecule has 2 aliphatic rings. The van der Waals surface area contributed by atoms with Crippen molar-refractivity contribution in [3.05, 3.63) is 47.7 Å². The SMILES string of the molecule is C=C(CCC(C)c1ccc(C)cc1)NC=O.CCC1CC(N2CCNCC2)C1. The molecule has 1 saturated heterocycles. The number of aryl methyl sites for hydroxylation is 1. The van der Waals surface area contributed by atoms with Crippen molar-refractivity contribution in [1.82, 2.24) is 15.5 Å². The third-order valence-corrected chi connectivity index (χ3v) is 6.24. The van der Waals surface area contributed by atoms with Crippen molar-refractivity contribution in [2.45, 2.75) is 64.8 Å². The summed E-state index contributed by atoms with van der Waals surface area (Å²) in [6.07, 6.45) is 6.84. The molecule has 3 rings (SSSR count). The first-order valence-electron chi connectivity index (χ1n) is 10.9. The number of nitrogens with zero attached hydrogens (tertiary/aromatic N) is 1. The largest absolute Gasteiger partial charge is 0.333 e. The van der Waals surface area contributed by atoms with E-state index in [1.807, 2.05) is 0 Å². The van der Waals surface area contributed by atoms with E-state index in [1.165, 1.54) is 56.6 Å². The Hall–Kier alpha value is -1.65. The van der Waals surface area contributed by atoms with E-state index in [1.54, 1.807) is 0 Å². The molecule has 1 heterocycles. The average Bonchev–Trinajstić information content (AvgIpc) is 2.67. The Morgan fingerprint density at radius 3 is 2.50 bits per heavy atom. The molecular formula is C24H39N3O. The van der Waals surface area contributed by atoms with Crippen LogP contribution in [-0.2, 0) is 4.79 Å². The van der Waals surface area contributed by atoms with Crippen LogP contribution < -0.4 is 10.6 Å². The number of allylic oxidation sites excluding steroid dienone is 1. The monoisotopic (exact) mass is 385 g/mol. The molecule has 1 aliphatic heterocycles. The van der Waals surface area contributed by atoms with Gasteiger partial charge in [0, 0.05) is 37.9 Å². The number of nitrogens with one attached hydrogen (secondary N) is 2. The van der Waals surface area contributed by atoms with Crippen molar-refractivity contribution in [1.29, 1.82) is 0 Å². The van der Waals surface area contributed by atoms with Crippen molar-refractivity contribution < 1.29 is 4.79 Å². The van der Waals surface area contributed by atoms with Crippen LogP contribution in [-0.4, -0.2) is 43.5 Å². The number of carbonyl (C=O) groups excluding carboxylic acids is 1. The van der Waals surface area contributed by atoms with Crippen LogP contribution in [0.4, 0.5) is 0 Å². The molecule has 4 nitrogen and oxygen atoms in total. The summed E-state index contributed by atoms with van der Waals surface area (Å²) in [6, 6.07) is 9.53. The molecule has 1 unspecified atom stereocenters. The van der Waals surface area contributed by atoms with Crippen LogP contribution in [0.1, 0.15) is 63.0 Å². The van der Waals surface area contributed by atoms with E-state index in [-0.39, 0.29) is 0 Å². The second-order valence-corrected chi connectivity index (χ2v) is 8.40. The maximum atomic E-state index is 10.2. The van der Waals surface area contributed by atoms with Gasteiger partial charge in [0.15, 0.2) is 0 Å². The van der Waals surface area contributed by atoms with Gasteiger partial charge < -0.3 is 10.6 Å². The van der Waals surface area contributed by atoms with Gasteiger partial charge in [0.2, 0.25) is 6.41 Å². The van der Waals surface area contributed by atoms with Gasteiger partial charge in [-0.15, -0.1) is 0 Å². The normalized spacial score (nSPS) is 23.0. The Morgan fingerprint density at radius 2 is 1.93 bits per heavy atom. The van der Waals surface area contributed by atoms with Crippen LogP contribution in [0.3, 0.4) is 0 Å². The minimum Gasteiger partial charge on any atom is -0.333 e. The first-order chi connectivity index (χ1) is 13.5. The number of hydrogen-bond acceptors (Lipinski definition) is 3. The van der Waals surface area contributed by atoms with Crippen LogP contribution in [0, 0.1) is 12.8 Å². The molecule has 1 aliphatic carbocycles. The molecule has 0 aromatic heterocycles. The number of amides is 1. The number of rotatable bonds is 8. The fraction of sp³-hybridized carbons (Fsp3) is 0.625. The molecular weight excluding hydrogens is 346 g/mol. The maximum absolute atomic E-state index is 10.2. The predicted octanol–water partition coefficient (Wildman–Crippen LogP) is 4.22. The molecule has 28 heavy (non-hydrogen) atoms.